The number of hydrogen-bond acceptors (Lipinski definition) is 2. The zero-order valence-corrected chi connectivity index (χ0v) is 9.14. The molecule has 82 valence electrons. The summed E-state index contributed by atoms with van der Waals surface area (Å²) in [7, 11) is 1.72. The second-order valence-corrected chi connectivity index (χ2v) is 3.65. The molecular weight excluding hydrogens is 202 g/mol. The molecule has 1 aromatic heterocycles. The highest BCUT2D eigenvalue weighted by molar-refractivity contribution is 5.86. The molecule has 0 N–H and O–H groups in total. The van der Waals surface area contributed by atoms with Gasteiger partial charge in [0.2, 0.25) is 5.91 Å². The standard InChI is InChI=1S/C13H13NO2/c1-3-13(15)14(2)9-11-8-10-6-4-5-7-12(10)16-11/h3-8H,1,9H2,2H3. The number of benzene rings is 1. The number of rotatable bonds is 3. The number of hydrogen-bond donors (Lipinski definition) is 0. The summed E-state index contributed by atoms with van der Waals surface area (Å²) in [5, 5.41) is 1.05. The Morgan fingerprint density at radius 2 is 2.25 bits per heavy atom. The van der Waals surface area contributed by atoms with E-state index < -0.39 is 0 Å². The van der Waals surface area contributed by atoms with Crippen molar-refractivity contribution in [2.45, 2.75) is 6.54 Å². The molecule has 0 radical (unpaired) electrons. The van der Waals surface area contributed by atoms with E-state index in [0.29, 0.717) is 6.54 Å². The molecule has 16 heavy (non-hydrogen) atoms. The molecule has 3 heteroatoms. The highest BCUT2D eigenvalue weighted by atomic mass is 16.3. The van der Waals surface area contributed by atoms with E-state index in [1.807, 2.05) is 30.3 Å². The van der Waals surface area contributed by atoms with Gasteiger partial charge in [-0.1, -0.05) is 24.8 Å². The summed E-state index contributed by atoms with van der Waals surface area (Å²) in [6.07, 6.45) is 1.29. The van der Waals surface area contributed by atoms with Crippen molar-refractivity contribution in [1.29, 1.82) is 0 Å². The first-order valence-electron chi connectivity index (χ1n) is 5.05. The predicted octanol–water partition coefficient (Wildman–Crippen LogP) is 2.58. The highest BCUT2D eigenvalue weighted by Gasteiger charge is 2.08. The van der Waals surface area contributed by atoms with Gasteiger partial charge < -0.3 is 9.32 Å². The van der Waals surface area contributed by atoms with Crippen molar-refractivity contribution in [2.75, 3.05) is 7.05 Å². The van der Waals surface area contributed by atoms with E-state index in [1.54, 1.807) is 11.9 Å². The maximum Gasteiger partial charge on any atom is 0.246 e. The summed E-state index contributed by atoms with van der Waals surface area (Å²) >= 11 is 0. The molecule has 2 aromatic rings. The van der Waals surface area contributed by atoms with Gasteiger partial charge >= 0.3 is 0 Å². The normalized spacial score (nSPS) is 10.3. The summed E-state index contributed by atoms with van der Waals surface area (Å²) in [5.41, 5.74) is 0.844. The minimum Gasteiger partial charge on any atom is -0.459 e. The lowest BCUT2D eigenvalue weighted by atomic mass is 10.2. The minimum atomic E-state index is -0.111. The van der Waals surface area contributed by atoms with Gasteiger partial charge in [0.05, 0.1) is 6.54 Å². The molecule has 0 aliphatic rings. The van der Waals surface area contributed by atoms with Gasteiger partial charge in [0.1, 0.15) is 11.3 Å². The van der Waals surface area contributed by atoms with Crippen molar-refractivity contribution in [3.63, 3.8) is 0 Å². The monoisotopic (exact) mass is 215 g/mol. The van der Waals surface area contributed by atoms with Crippen molar-refractivity contribution in [1.82, 2.24) is 4.90 Å². The van der Waals surface area contributed by atoms with Crippen LogP contribution in [-0.2, 0) is 11.3 Å². The first-order valence-corrected chi connectivity index (χ1v) is 5.05. The smallest absolute Gasteiger partial charge is 0.246 e. The third kappa shape index (κ3) is 1.98. The number of furan rings is 1. The number of carbonyl (C=O) groups excluding carboxylic acids is 1. The lowest BCUT2D eigenvalue weighted by Crippen LogP contribution is -2.23. The van der Waals surface area contributed by atoms with E-state index in [0.717, 1.165) is 16.7 Å². The summed E-state index contributed by atoms with van der Waals surface area (Å²) in [6.45, 7) is 3.90. The summed E-state index contributed by atoms with van der Waals surface area (Å²) in [5.74, 6) is 0.666. The van der Waals surface area contributed by atoms with Gasteiger partial charge in [-0.05, 0) is 18.2 Å². The summed E-state index contributed by atoms with van der Waals surface area (Å²) in [6, 6.07) is 9.72. The SMILES string of the molecule is C=CC(=O)N(C)Cc1cc2ccccc2o1. The van der Waals surface area contributed by atoms with Crippen LogP contribution >= 0.6 is 0 Å². The zero-order chi connectivity index (χ0) is 11.5. The van der Waals surface area contributed by atoms with E-state index in [-0.39, 0.29) is 5.91 Å². The number of amides is 1. The lowest BCUT2D eigenvalue weighted by molar-refractivity contribution is -0.125. The van der Waals surface area contributed by atoms with Crippen LogP contribution < -0.4 is 0 Å². The van der Waals surface area contributed by atoms with E-state index in [1.165, 1.54) is 6.08 Å². The second kappa shape index (κ2) is 4.23. The maximum absolute atomic E-state index is 11.3. The number of carbonyl (C=O) groups is 1. The fourth-order valence-corrected chi connectivity index (χ4v) is 1.58. The van der Waals surface area contributed by atoms with E-state index in [2.05, 4.69) is 6.58 Å². The first-order chi connectivity index (χ1) is 7.70. The van der Waals surface area contributed by atoms with Gasteiger partial charge in [0.15, 0.2) is 0 Å². The first kappa shape index (κ1) is 10.5. The van der Waals surface area contributed by atoms with Crippen LogP contribution in [0.15, 0.2) is 47.4 Å². The van der Waals surface area contributed by atoms with Crippen LogP contribution in [-0.4, -0.2) is 17.9 Å². The third-order valence-electron chi connectivity index (χ3n) is 2.42. The van der Waals surface area contributed by atoms with Crippen LogP contribution in [0.5, 0.6) is 0 Å². The molecule has 3 nitrogen and oxygen atoms in total. The molecule has 0 spiro atoms. The van der Waals surface area contributed by atoms with Gasteiger partial charge in [-0.25, -0.2) is 0 Å². The van der Waals surface area contributed by atoms with E-state index in [4.69, 9.17) is 4.42 Å². The molecule has 0 bridgehead atoms. The van der Waals surface area contributed by atoms with Crippen LogP contribution in [0, 0.1) is 0 Å². The Bertz CT molecular complexity index is 494. The largest absolute Gasteiger partial charge is 0.459 e. The Balaban J connectivity index is 2.21. The maximum atomic E-state index is 11.3. The molecule has 1 heterocycles. The summed E-state index contributed by atoms with van der Waals surface area (Å²) in [4.78, 5) is 12.9. The molecule has 0 aliphatic carbocycles. The molecule has 1 amide bonds. The third-order valence-corrected chi connectivity index (χ3v) is 2.42. The fourth-order valence-electron chi connectivity index (χ4n) is 1.58. The van der Waals surface area contributed by atoms with Crippen LogP contribution in [0.4, 0.5) is 0 Å². The van der Waals surface area contributed by atoms with Crippen LogP contribution in [0.1, 0.15) is 5.76 Å². The minimum absolute atomic E-state index is 0.111. The van der Waals surface area contributed by atoms with Gasteiger partial charge in [-0.15, -0.1) is 0 Å². The van der Waals surface area contributed by atoms with Crippen molar-refractivity contribution in [3.05, 3.63) is 48.7 Å². The number of para-hydroxylation sites is 1. The Hall–Kier alpha value is -2.03. The van der Waals surface area contributed by atoms with Crippen molar-refractivity contribution in [3.8, 4) is 0 Å². The molecular formula is C13H13NO2. The summed E-state index contributed by atoms with van der Waals surface area (Å²) < 4.78 is 5.61. The molecule has 0 fully saturated rings. The molecule has 0 saturated heterocycles. The van der Waals surface area contributed by atoms with Crippen LogP contribution in [0.3, 0.4) is 0 Å². The van der Waals surface area contributed by atoms with Crippen LogP contribution in [0.2, 0.25) is 0 Å². The molecule has 0 aliphatic heterocycles. The Labute approximate surface area is 94.0 Å². The van der Waals surface area contributed by atoms with Gasteiger partial charge in [-0.3, -0.25) is 4.79 Å². The van der Waals surface area contributed by atoms with Crippen molar-refractivity contribution in [2.24, 2.45) is 0 Å². The van der Waals surface area contributed by atoms with Gasteiger partial charge in [-0.2, -0.15) is 0 Å². The van der Waals surface area contributed by atoms with Gasteiger partial charge in [0.25, 0.3) is 0 Å². The number of nitrogens with zero attached hydrogens (tertiary/aromatic N) is 1. The lowest BCUT2D eigenvalue weighted by Gasteiger charge is -2.12. The number of fused-ring (bicyclic) bond motifs is 1. The Kier molecular flexibility index (Phi) is 2.77. The molecule has 0 unspecified atom stereocenters. The highest BCUT2D eigenvalue weighted by Crippen LogP contribution is 2.19. The van der Waals surface area contributed by atoms with Crippen molar-refractivity contribution < 1.29 is 9.21 Å². The van der Waals surface area contributed by atoms with E-state index in [9.17, 15) is 4.79 Å². The van der Waals surface area contributed by atoms with Crippen molar-refractivity contribution >= 4 is 16.9 Å². The van der Waals surface area contributed by atoms with Gasteiger partial charge in [0, 0.05) is 12.4 Å². The zero-order valence-electron chi connectivity index (χ0n) is 9.14. The second-order valence-electron chi connectivity index (χ2n) is 3.65. The molecule has 0 atom stereocenters. The molecule has 0 saturated carbocycles. The molecule has 1 aromatic carbocycles. The average molecular weight is 215 g/mol. The van der Waals surface area contributed by atoms with Crippen LogP contribution in [0.25, 0.3) is 11.0 Å². The Morgan fingerprint density at radius 3 is 2.94 bits per heavy atom. The Morgan fingerprint density at radius 1 is 1.50 bits per heavy atom. The topological polar surface area (TPSA) is 33.5 Å². The molecule has 2 rings (SSSR count). The average Bonchev–Trinajstić information content (AvgIpc) is 2.69. The number of likely N-dealkylation sites (N-methyl/N-ethyl adjacent to an activating group) is 1. The predicted molar refractivity (Wildman–Crippen MR) is 62.9 cm³/mol. The van der Waals surface area contributed by atoms with E-state index >= 15 is 0 Å². The fraction of sp³-hybridized carbons (Fsp3) is 0.154. The quantitative estimate of drug-likeness (QED) is 0.737.